The predicted molar refractivity (Wildman–Crippen MR) is 167 cm³/mol. The average Bonchev–Trinajstić information content (AvgIpc) is 3.09. The molecule has 11 heteroatoms. The second-order valence-corrected chi connectivity index (χ2v) is 11.4. The van der Waals surface area contributed by atoms with E-state index in [4.69, 9.17) is 9.47 Å². The Morgan fingerprint density at radius 3 is 2.15 bits per heavy atom. The Hall–Kier alpha value is -4.61. The Bertz CT molecular complexity index is 1520. The molecule has 1 saturated heterocycles. The smallest absolute Gasteiger partial charge is 0.341 e. The van der Waals surface area contributed by atoms with E-state index in [1.807, 2.05) is 12.1 Å². The first-order chi connectivity index (χ1) is 22.3. The molecule has 2 heterocycles. The second-order valence-electron chi connectivity index (χ2n) is 11.4. The molecule has 1 unspecified atom stereocenters. The predicted octanol–water partition coefficient (Wildman–Crippen LogP) is 4.95. The number of hydrogen-bond acceptors (Lipinski definition) is 6. The normalized spacial score (nSPS) is 18.2. The summed E-state index contributed by atoms with van der Waals surface area (Å²) in [4.78, 5) is 41.3. The van der Waals surface area contributed by atoms with Gasteiger partial charge in [-0.05, 0) is 67.7 Å². The molecule has 46 heavy (non-hydrogen) atoms. The van der Waals surface area contributed by atoms with Crippen LogP contribution in [0.4, 0.5) is 13.6 Å². The summed E-state index contributed by atoms with van der Waals surface area (Å²) in [6.07, 6.45) is 2.84. The van der Waals surface area contributed by atoms with Gasteiger partial charge in [0.2, 0.25) is 6.41 Å². The van der Waals surface area contributed by atoms with E-state index in [0.717, 1.165) is 48.1 Å². The van der Waals surface area contributed by atoms with E-state index in [1.54, 1.807) is 0 Å². The highest BCUT2D eigenvalue weighted by Crippen LogP contribution is 2.42. The standard InChI is InChI=1S/C35H38F2N4O5/c1-45-23-30-31(33(43)46-2)32(25-14-15-28(36)29(37)22-25)41(34(44)38-30)40(24-42)19-9-18-39-20-16-35(17-21-39,26-10-5-3-6-11-26)27-12-7-4-8-13-27/h3-8,10-15,22,24,32H,9,16-21,23H2,1-2H3,(H,38,44). The van der Waals surface area contributed by atoms with Crippen molar-refractivity contribution in [1.82, 2.24) is 20.2 Å². The van der Waals surface area contributed by atoms with Crippen LogP contribution in [0.2, 0.25) is 0 Å². The van der Waals surface area contributed by atoms with Gasteiger partial charge in [-0.15, -0.1) is 0 Å². The molecule has 1 fully saturated rings. The summed E-state index contributed by atoms with van der Waals surface area (Å²) >= 11 is 0. The van der Waals surface area contributed by atoms with Crippen LogP contribution in [-0.2, 0) is 24.5 Å². The lowest BCUT2D eigenvalue weighted by atomic mass is 9.68. The molecule has 0 aliphatic carbocycles. The van der Waals surface area contributed by atoms with Gasteiger partial charge in [0.05, 0.1) is 25.0 Å². The van der Waals surface area contributed by atoms with E-state index in [2.05, 4.69) is 58.7 Å². The SMILES string of the molecule is COCC1=C(C(=O)OC)C(c2ccc(F)c(F)c2)N(N(C=O)CCCN2CCC(c3ccccc3)(c3ccccc3)CC2)C(=O)N1. The van der Waals surface area contributed by atoms with Crippen molar-refractivity contribution >= 4 is 18.4 Å². The Kier molecular flexibility index (Phi) is 10.4. The summed E-state index contributed by atoms with van der Waals surface area (Å²) in [5.74, 6) is -3.06. The fourth-order valence-corrected chi connectivity index (χ4v) is 6.60. The number of nitrogens with zero attached hydrogens (tertiary/aromatic N) is 3. The summed E-state index contributed by atoms with van der Waals surface area (Å²) in [6.45, 7) is 2.30. The van der Waals surface area contributed by atoms with Gasteiger partial charge in [0.1, 0.15) is 6.04 Å². The Morgan fingerprint density at radius 1 is 0.978 bits per heavy atom. The molecule has 0 radical (unpaired) electrons. The van der Waals surface area contributed by atoms with E-state index in [-0.39, 0.29) is 35.4 Å². The second kappa shape index (κ2) is 14.7. The fourth-order valence-electron chi connectivity index (χ4n) is 6.60. The largest absolute Gasteiger partial charge is 0.466 e. The Labute approximate surface area is 267 Å². The molecule has 242 valence electrons. The number of urea groups is 1. The van der Waals surface area contributed by atoms with E-state index in [1.165, 1.54) is 31.4 Å². The van der Waals surface area contributed by atoms with Crippen LogP contribution in [0.5, 0.6) is 0 Å². The molecule has 1 N–H and O–H groups in total. The monoisotopic (exact) mass is 632 g/mol. The molecular weight excluding hydrogens is 594 g/mol. The number of hydrazine groups is 1. The van der Waals surface area contributed by atoms with E-state index >= 15 is 0 Å². The number of ether oxygens (including phenoxy) is 2. The molecule has 3 aromatic rings. The zero-order valence-electron chi connectivity index (χ0n) is 26.0. The molecule has 5 rings (SSSR count). The highest BCUT2D eigenvalue weighted by atomic mass is 19.2. The number of rotatable bonds is 12. The highest BCUT2D eigenvalue weighted by molar-refractivity contribution is 5.95. The van der Waals surface area contributed by atoms with Crippen molar-refractivity contribution in [3.8, 4) is 0 Å². The third-order valence-electron chi connectivity index (χ3n) is 8.88. The Morgan fingerprint density at radius 2 is 1.61 bits per heavy atom. The zero-order chi connectivity index (χ0) is 32.7. The first-order valence-electron chi connectivity index (χ1n) is 15.2. The number of amides is 3. The van der Waals surface area contributed by atoms with Gasteiger partial charge in [0.15, 0.2) is 11.6 Å². The molecule has 0 saturated carbocycles. The topological polar surface area (TPSA) is 91.4 Å². The van der Waals surface area contributed by atoms with Gasteiger partial charge >= 0.3 is 12.0 Å². The van der Waals surface area contributed by atoms with Crippen LogP contribution in [0, 0.1) is 11.6 Å². The van der Waals surface area contributed by atoms with Gasteiger partial charge in [0, 0.05) is 19.1 Å². The fraction of sp³-hybridized carbons (Fsp3) is 0.343. The first-order valence-corrected chi connectivity index (χ1v) is 15.2. The number of esters is 1. The van der Waals surface area contributed by atoms with Crippen LogP contribution >= 0.6 is 0 Å². The molecule has 3 aromatic carbocycles. The zero-order valence-corrected chi connectivity index (χ0v) is 26.0. The van der Waals surface area contributed by atoms with Crippen LogP contribution in [0.1, 0.15) is 42.0 Å². The van der Waals surface area contributed by atoms with Crippen LogP contribution in [0.15, 0.2) is 90.1 Å². The molecule has 2 aliphatic heterocycles. The number of benzene rings is 3. The van der Waals surface area contributed by atoms with Gasteiger partial charge < -0.3 is 19.7 Å². The minimum absolute atomic E-state index is 0.0593. The van der Waals surface area contributed by atoms with Crippen molar-refractivity contribution in [3.05, 3.63) is 118 Å². The maximum absolute atomic E-state index is 14.4. The Balaban J connectivity index is 1.34. The maximum Gasteiger partial charge on any atom is 0.341 e. The molecule has 2 aliphatic rings. The van der Waals surface area contributed by atoms with Crippen molar-refractivity contribution in [2.24, 2.45) is 0 Å². The van der Waals surface area contributed by atoms with Crippen molar-refractivity contribution in [3.63, 3.8) is 0 Å². The number of piperidine rings is 1. The molecule has 0 aromatic heterocycles. The summed E-state index contributed by atoms with van der Waals surface area (Å²) in [5, 5.41) is 4.83. The molecule has 1 atom stereocenters. The molecule has 0 bridgehead atoms. The van der Waals surface area contributed by atoms with Crippen molar-refractivity contribution < 1.29 is 32.6 Å². The number of carbonyl (C=O) groups excluding carboxylic acids is 3. The quantitative estimate of drug-likeness (QED) is 0.225. The summed E-state index contributed by atoms with van der Waals surface area (Å²) in [6, 6.07) is 22.2. The van der Waals surface area contributed by atoms with Crippen LogP contribution in [-0.4, -0.2) is 80.3 Å². The number of carbonyl (C=O) groups is 3. The highest BCUT2D eigenvalue weighted by Gasteiger charge is 2.43. The maximum atomic E-state index is 14.4. The molecular formula is C35H38F2N4O5. The summed E-state index contributed by atoms with van der Waals surface area (Å²) in [5.41, 5.74) is 2.60. The molecule has 0 spiro atoms. The van der Waals surface area contributed by atoms with Crippen molar-refractivity contribution in [2.45, 2.75) is 30.7 Å². The lowest BCUT2D eigenvalue weighted by Gasteiger charge is -2.44. The van der Waals surface area contributed by atoms with E-state index in [9.17, 15) is 23.2 Å². The summed E-state index contributed by atoms with van der Waals surface area (Å²) < 4.78 is 38.5. The van der Waals surface area contributed by atoms with Gasteiger partial charge in [-0.1, -0.05) is 66.7 Å². The van der Waals surface area contributed by atoms with Gasteiger partial charge in [0.25, 0.3) is 0 Å². The average molecular weight is 633 g/mol. The van der Waals surface area contributed by atoms with E-state index in [0.29, 0.717) is 19.4 Å². The van der Waals surface area contributed by atoms with Crippen molar-refractivity contribution in [2.75, 3.05) is 47.0 Å². The first kappa shape index (κ1) is 32.8. The van der Waals surface area contributed by atoms with Gasteiger partial charge in [-0.3, -0.25) is 9.80 Å². The van der Waals surface area contributed by atoms with Gasteiger partial charge in [-0.25, -0.2) is 23.4 Å². The number of nitrogens with one attached hydrogen (secondary N) is 1. The minimum Gasteiger partial charge on any atom is -0.466 e. The summed E-state index contributed by atoms with van der Waals surface area (Å²) in [7, 11) is 2.55. The van der Waals surface area contributed by atoms with Gasteiger partial charge in [-0.2, -0.15) is 0 Å². The lowest BCUT2D eigenvalue weighted by molar-refractivity contribution is -0.141. The number of hydrogen-bond donors (Lipinski definition) is 1. The lowest BCUT2D eigenvalue weighted by Crippen LogP contribution is -2.57. The number of likely N-dealkylation sites (tertiary alicyclic amines) is 1. The molecule has 3 amide bonds. The van der Waals surface area contributed by atoms with Crippen LogP contribution < -0.4 is 5.32 Å². The number of methoxy groups -OCH3 is 2. The number of halogens is 2. The molecule has 9 nitrogen and oxygen atoms in total. The van der Waals surface area contributed by atoms with Crippen LogP contribution in [0.25, 0.3) is 0 Å². The van der Waals surface area contributed by atoms with Crippen LogP contribution in [0.3, 0.4) is 0 Å². The third kappa shape index (κ3) is 6.66. The third-order valence-corrected chi connectivity index (χ3v) is 8.88. The van der Waals surface area contributed by atoms with E-state index < -0.39 is 29.7 Å². The van der Waals surface area contributed by atoms with Crippen molar-refractivity contribution in [1.29, 1.82) is 0 Å². The minimum atomic E-state index is -1.28.